The van der Waals surface area contributed by atoms with Crippen LogP contribution in [0, 0.1) is 5.92 Å². The maximum absolute atomic E-state index is 6.07. The molecule has 2 rings (SSSR count). The van der Waals surface area contributed by atoms with Crippen LogP contribution < -0.4 is 5.32 Å². The van der Waals surface area contributed by atoms with Crippen molar-refractivity contribution in [3.63, 3.8) is 0 Å². The van der Waals surface area contributed by atoms with Gasteiger partial charge in [0.2, 0.25) is 0 Å². The first-order valence-corrected chi connectivity index (χ1v) is 10.9. The highest BCUT2D eigenvalue weighted by Crippen LogP contribution is 2.20. The van der Waals surface area contributed by atoms with Gasteiger partial charge in [-0.15, -0.1) is 0 Å². The average Bonchev–Trinajstić information content (AvgIpc) is 2.95. The predicted molar refractivity (Wildman–Crippen MR) is 109 cm³/mol. The smallest absolute Gasteiger partial charge is 0.193 e. The van der Waals surface area contributed by atoms with E-state index in [1.165, 1.54) is 57.8 Å². The molecular weight excluding hydrogens is 326 g/mol. The molecule has 0 spiro atoms. The van der Waals surface area contributed by atoms with Gasteiger partial charge in [-0.25, -0.2) is 0 Å². The molecule has 2 fully saturated rings. The van der Waals surface area contributed by atoms with Gasteiger partial charge in [0.15, 0.2) is 5.96 Å². The van der Waals surface area contributed by atoms with E-state index >= 15 is 0 Å². The summed E-state index contributed by atoms with van der Waals surface area (Å²) in [4.78, 5) is 6.69. The molecule has 0 atom stereocenters. The topological polar surface area (TPSA) is 46.1 Å². The van der Waals surface area contributed by atoms with Crippen molar-refractivity contribution in [2.45, 2.75) is 76.7 Å². The normalized spacial score (nSPS) is 20.8. The number of unbranched alkanes of at least 4 members (excludes halogenated alkanes) is 1. The van der Waals surface area contributed by atoms with Gasteiger partial charge in [-0.1, -0.05) is 25.7 Å². The molecule has 1 N–H and O–H groups in total. The minimum atomic E-state index is 0.523. The molecule has 1 saturated heterocycles. The molecule has 2 aliphatic rings. The molecule has 0 amide bonds. The number of rotatable bonds is 9. The quantitative estimate of drug-likeness (QED) is 0.291. The summed E-state index contributed by atoms with van der Waals surface area (Å²) < 4.78 is 11.5. The van der Waals surface area contributed by atoms with Crippen molar-refractivity contribution in [2.75, 3.05) is 47.0 Å². The van der Waals surface area contributed by atoms with E-state index in [1.807, 2.05) is 7.05 Å². The maximum Gasteiger partial charge on any atom is 0.193 e. The average molecular weight is 368 g/mol. The minimum Gasteiger partial charge on any atom is -0.381 e. The van der Waals surface area contributed by atoms with Crippen molar-refractivity contribution in [3.8, 4) is 0 Å². The Bertz CT molecular complexity index is 375. The van der Waals surface area contributed by atoms with Crippen LogP contribution in [-0.2, 0) is 9.47 Å². The second kappa shape index (κ2) is 13.4. The largest absolute Gasteiger partial charge is 0.381 e. The highest BCUT2D eigenvalue weighted by atomic mass is 16.5. The Balaban J connectivity index is 1.50. The Morgan fingerprint density at radius 1 is 1.08 bits per heavy atom. The third-order valence-electron chi connectivity index (χ3n) is 5.80. The zero-order chi connectivity index (χ0) is 18.5. The van der Waals surface area contributed by atoms with E-state index in [9.17, 15) is 0 Å². The summed E-state index contributed by atoms with van der Waals surface area (Å²) in [6.45, 7) is 4.82. The standard InChI is InChI=1S/C21H41N3O2/c1-22-21(24(2)15-11-19-12-17-25-18-13-19)23-14-7-8-16-26-20-9-5-3-4-6-10-20/h19-20H,3-18H2,1-2H3,(H,22,23). The highest BCUT2D eigenvalue weighted by Gasteiger charge is 2.15. The number of hydrogen-bond donors (Lipinski definition) is 1. The van der Waals surface area contributed by atoms with E-state index in [0.717, 1.165) is 57.6 Å². The molecule has 0 unspecified atom stereocenters. The molecule has 0 aromatic carbocycles. The van der Waals surface area contributed by atoms with Gasteiger partial charge in [0.1, 0.15) is 0 Å². The summed E-state index contributed by atoms with van der Waals surface area (Å²) in [6.07, 6.45) is 14.5. The van der Waals surface area contributed by atoms with E-state index in [1.54, 1.807) is 0 Å². The second-order valence-electron chi connectivity index (χ2n) is 7.93. The lowest BCUT2D eigenvalue weighted by Crippen LogP contribution is -2.40. The van der Waals surface area contributed by atoms with Gasteiger partial charge in [-0.3, -0.25) is 4.99 Å². The van der Waals surface area contributed by atoms with Gasteiger partial charge >= 0.3 is 0 Å². The van der Waals surface area contributed by atoms with Gasteiger partial charge in [0.25, 0.3) is 0 Å². The highest BCUT2D eigenvalue weighted by molar-refractivity contribution is 5.79. The zero-order valence-corrected chi connectivity index (χ0v) is 17.2. The Morgan fingerprint density at radius 2 is 1.81 bits per heavy atom. The van der Waals surface area contributed by atoms with Crippen molar-refractivity contribution in [3.05, 3.63) is 0 Å². The molecule has 1 heterocycles. The van der Waals surface area contributed by atoms with Gasteiger partial charge in [0.05, 0.1) is 6.10 Å². The van der Waals surface area contributed by atoms with E-state index < -0.39 is 0 Å². The Morgan fingerprint density at radius 3 is 2.50 bits per heavy atom. The third kappa shape index (κ3) is 8.72. The molecule has 152 valence electrons. The first-order valence-electron chi connectivity index (χ1n) is 10.9. The Kier molecular flexibility index (Phi) is 11.1. The van der Waals surface area contributed by atoms with Crippen molar-refractivity contribution in [1.29, 1.82) is 0 Å². The fourth-order valence-electron chi connectivity index (χ4n) is 3.99. The van der Waals surface area contributed by atoms with Crippen LogP contribution in [0.3, 0.4) is 0 Å². The Hall–Kier alpha value is -0.810. The molecule has 0 radical (unpaired) electrons. The van der Waals surface area contributed by atoms with E-state index in [0.29, 0.717) is 6.10 Å². The van der Waals surface area contributed by atoms with Gasteiger partial charge in [-0.05, 0) is 50.9 Å². The number of ether oxygens (including phenoxy) is 2. The second-order valence-corrected chi connectivity index (χ2v) is 7.93. The van der Waals surface area contributed by atoms with Crippen LogP contribution in [0.1, 0.15) is 70.6 Å². The third-order valence-corrected chi connectivity index (χ3v) is 5.80. The summed E-state index contributed by atoms with van der Waals surface area (Å²) in [6, 6.07) is 0. The molecule has 1 saturated carbocycles. The van der Waals surface area contributed by atoms with Crippen LogP contribution in [0.25, 0.3) is 0 Å². The maximum atomic E-state index is 6.07. The lowest BCUT2D eigenvalue weighted by molar-refractivity contribution is 0.0411. The van der Waals surface area contributed by atoms with E-state index in [-0.39, 0.29) is 0 Å². The molecular formula is C21H41N3O2. The molecule has 0 bridgehead atoms. The molecule has 1 aliphatic carbocycles. The van der Waals surface area contributed by atoms with Crippen LogP contribution in [0.2, 0.25) is 0 Å². The summed E-state index contributed by atoms with van der Waals surface area (Å²) in [5, 5.41) is 3.50. The zero-order valence-electron chi connectivity index (χ0n) is 17.2. The van der Waals surface area contributed by atoms with Crippen molar-refractivity contribution < 1.29 is 9.47 Å². The summed E-state index contributed by atoms with van der Waals surface area (Å²) >= 11 is 0. The molecule has 5 heteroatoms. The number of nitrogens with one attached hydrogen (secondary N) is 1. The van der Waals surface area contributed by atoms with Gasteiger partial charge in [-0.2, -0.15) is 0 Å². The molecule has 5 nitrogen and oxygen atoms in total. The monoisotopic (exact) mass is 367 g/mol. The lowest BCUT2D eigenvalue weighted by atomic mass is 9.96. The van der Waals surface area contributed by atoms with Crippen LogP contribution >= 0.6 is 0 Å². The summed E-state index contributed by atoms with van der Waals surface area (Å²) in [7, 11) is 4.02. The SMILES string of the molecule is CN=C(NCCCCOC1CCCCCC1)N(C)CCC1CCOCC1. The molecule has 1 aliphatic heterocycles. The van der Waals surface area contributed by atoms with E-state index in [2.05, 4.69) is 22.3 Å². The van der Waals surface area contributed by atoms with Gasteiger partial charge in [0, 0.05) is 47.0 Å². The van der Waals surface area contributed by atoms with Crippen LogP contribution in [0.4, 0.5) is 0 Å². The molecule has 26 heavy (non-hydrogen) atoms. The minimum absolute atomic E-state index is 0.523. The first-order chi connectivity index (χ1) is 12.8. The van der Waals surface area contributed by atoms with Crippen LogP contribution in [0.15, 0.2) is 4.99 Å². The van der Waals surface area contributed by atoms with Crippen molar-refractivity contribution in [2.24, 2.45) is 10.9 Å². The summed E-state index contributed by atoms with van der Waals surface area (Å²) in [5.74, 6) is 1.83. The Labute approximate surface area is 160 Å². The number of guanidine groups is 1. The number of aliphatic imine (C=N–C) groups is 1. The van der Waals surface area contributed by atoms with Gasteiger partial charge < -0.3 is 19.7 Å². The summed E-state index contributed by atoms with van der Waals surface area (Å²) in [5.41, 5.74) is 0. The van der Waals surface area contributed by atoms with Crippen LogP contribution in [0.5, 0.6) is 0 Å². The number of hydrogen-bond acceptors (Lipinski definition) is 3. The predicted octanol–water partition coefficient (Wildman–Crippen LogP) is 3.83. The lowest BCUT2D eigenvalue weighted by Gasteiger charge is -2.26. The first kappa shape index (κ1) is 21.5. The van der Waals surface area contributed by atoms with Crippen molar-refractivity contribution >= 4 is 5.96 Å². The number of nitrogens with zero attached hydrogens (tertiary/aromatic N) is 2. The fraction of sp³-hybridized carbons (Fsp3) is 0.952. The van der Waals surface area contributed by atoms with Crippen LogP contribution in [-0.4, -0.2) is 64.0 Å². The molecule has 0 aromatic rings. The molecule has 0 aromatic heterocycles. The van der Waals surface area contributed by atoms with E-state index in [4.69, 9.17) is 9.47 Å². The van der Waals surface area contributed by atoms with Crippen molar-refractivity contribution in [1.82, 2.24) is 10.2 Å². The fourth-order valence-corrected chi connectivity index (χ4v) is 3.99.